The van der Waals surface area contributed by atoms with Crippen molar-refractivity contribution in [2.24, 2.45) is 16.6 Å². The molecule has 1 amide bonds. The van der Waals surface area contributed by atoms with Crippen LogP contribution in [0, 0.1) is 4.91 Å². The predicted octanol–water partition coefficient (Wildman–Crippen LogP) is -4.82. The van der Waals surface area contributed by atoms with E-state index in [1.165, 1.54) is 0 Å². The van der Waals surface area contributed by atoms with Gasteiger partial charge in [0, 0.05) is 31.7 Å². The number of carbonyl (C=O) groups is 1. The van der Waals surface area contributed by atoms with Gasteiger partial charge in [-0.25, -0.2) is 4.39 Å². The second-order valence-corrected chi connectivity index (χ2v) is 9.30. The number of aliphatic hydroxyl groups is 1. The van der Waals surface area contributed by atoms with Gasteiger partial charge in [-0.05, 0) is 45.2 Å². The van der Waals surface area contributed by atoms with Crippen LogP contribution in [-0.2, 0) is 9.53 Å². The number of nitrogens with zero attached hydrogens (tertiary/aromatic N) is 1. The van der Waals surface area contributed by atoms with Crippen molar-refractivity contribution in [2.75, 3.05) is 39.3 Å². The third kappa shape index (κ3) is 12.5. The Balaban J connectivity index is 0.000000342. The number of hydrogen-bond donors (Lipinski definition) is 6. The number of nitroso groups, excluding NO2 is 1. The molecule has 1 aliphatic carbocycles. The number of halogens is 1. The zero-order chi connectivity index (χ0) is 25.0. The number of alkyl halides is 1. The second-order valence-electron chi connectivity index (χ2n) is 9.30. The molecule has 11 nitrogen and oxygen atoms in total. The Morgan fingerprint density at radius 2 is 2.09 bits per heavy atom. The summed E-state index contributed by atoms with van der Waals surface area (Å²) in [5.74, 6) is -0.505. The molecule has 3 aliphatic rings. The fraction of sp³-hybridized carbons (Fsp3) is 0.864. The van der Waals surface area contributed by atoms with Gasteiger partial charge in [-0.1, -0.05) is 23.4 Å². The first-order valence-corrected chi connectivity index (χ1v) is 12.1. The fourth-order valence-electron chi connectivity index (χ4n) is 4.33. The van der Waals surface area contributed by atoms with E-state index >= 15 is 0 Å². The first kappa shape index (κ1) is 33.1. The normalized spacial score (nSPS) is 30.7. The van der Waals surface area contributed by atoms with Crippen LogP contribution in [0.3, 0.4) is 0 Å². The molecule has 8 N–H and O–H groups in total. The smallest absolute Gasteiger partial charge is 0.850 e. The van der Waals surface area contributed by atoms with Crippen LogP contribution in [-0.4, -0.2) is 92.5 Å². The fourth-order valence-corrected chi connectivity index (χ4v) is 4.33. The van der Waals surface area contributed by atoms with Crippen LogP contribution < -0.4 is 83.9 Å². The molecule has 0 radical (unpaired) electrons. The molecule has 1 saturated carbocycles. The number of nitrogens with one attached hydrogen (secondary N) is 3. The Labute approximate surface area is 249 Å². The van der Waals surface area contributed by atoms with Crippen molar-refractivity contribution in [1.29, 1.82) is 0 Å². The average Bonchev–Trinajstić information content (AvgIpc) is 2.80. The van der Waals surface area contributed by atoms with Crippen molar-refractivity contribution in [1.82, 2.24) is 16.0 Å². The monoisotopic (exact) mass is 526 g/mol. The van der Waals surface area contributed by atoms with Gasteiger partial charge in [0.15, 0.2) is 0 Å². The van der Waals surface area contributed by atoms with Gasteiger partial charge in [-0.3, -0.25) is 4.79 Å². The van der Waals surface area contributed by atoms with E-state index in [1.54, 1.807) is 0 Å². The number of rotatable bonds is 9. The Kier molecular flexibility index (Phi) is 16.6. The maximum atomic E-state index is 12.9. The van der Waals surface area contributed by atoms with Crippen molar-refractivity contribution in [3.8, 4) is 0 Å². The second kappa shape index (κ2) is 17.6. The summed E-state index contributed by atoms with van der Waals surface area (Å²) >= 11 is 0. The number of amides is 1. The zero-order valence-electron chi connectivity index (χ0n) is 20.7. The van der Waals surface area contributed by atoms with Crippen molar-refractivity contribution < 1.29 is 75.5 Å². The molecule has 0 spiro atoms. The number of piperidine rings is 1. The van der Waals surface area contributed by atoms with Crippen LogP contribution in [0.5, 0.6) is 0 Å². The number of ether oxygens (including phenoxy) is 1. The van der Waals surface area contributed by atoms with E-state index in [9.17, 15) is 24.3 Å². The summed E-state index contributed by atoms with van der Waals surface area (Å²) in [7, 11) is 0. The summed E-state index contributed by atoms with van der Waals surface area (Å²) in [6.45, 7) is 3.89. The largest absolute Gasteiger partial charge is 1.00 e. The zero-order valence-corrected chi connectivity index (χ0v) is 23.8. The van der Waals surface area contributed by atoms with Crippen LogP contribution in [0.15, 0.2) is 17.3 Å². The molecule has 3 rings (SSSR count). The molecule has 0 bridgehead atoms. The van der Waals surface area contributed by atoms with E-state index in [-0.39, 0.29) is 76.9 Å². The Bertz CT molecular complexity index is 646. The average molecular weight is 527 g/mol. The van der Waals surface area contributed by atoms with E-state index in [2.05, 4.69) is 33.3 Å². The minimum Gasteiger partial charge on any atom is -0.850 e. The molecule has 2 aliphatic heterocycles. The van der Waals surface area contributed by atoms with Crippen molar-refractivity contribution in [2.45, 2.75) is 80.6 Å². The maximum absolute atomic E-state index is 12.9. The van der Waals surface area contributed by atoms with Crippen LogP contribution in [0.2, 0.25) is 0 Å². The topological polar surface area (TPSA) is 187 Å². The van der Waals surface area contributed by atoms with E-state index in [1.807, 2.05) is 0 Å². The quantitative estimate of drug-likeness (QED) is 0.0973. The standard InChI is InChI=1S/C12H22N2O2.C10H18FN4O3.K/c15-12(4-6-13-7-5-12)10-14-9-11-3-1-2-8-16-11;11-5(4-12)1-9(17)14-6-2-7(13)10(15-18)8(16)3-6;/h1,3,11,13-15H,2,4-10H2;5-8,10H,1-4,12-13H2,(H,14,17);/q;-1;+1/t;5?,6?,7?,8?,10-;/m.1./s1. The molecule has 0 aromatic heterocycles. The summed E-state index contributed by atoms with van der Waals surface area (Å²) in [4.78, 5) is 21.8. The van der Waals surface area contributed by atoms with Crippen LogP contribution in [0.4, 0.5) is 4.39 Å². The van der Waals surface area contributed by atoms with E-state index < -0.39 is 41.9 Å². The van der Waals surface area contributed by atoms with Crippen molar-refractivity contribution in [3.05, 3.63) is 17.1 Å². The van der Waals surface area contributed by atoms with Gasteiger partial charge in [0.2, 0.25) is 5.91 Å². The molecule has 2 heterocycles. The van der Waals surface area contributed by atoms with Gasteiger partial charge in [0.25, 0.3) is 0 Å². The van der Waals surface area contributed by atoms with Gasteiger partial charge in [-0.15, -0.1) is 0 Å². The first-order valence-electron chi connectivity index (χ1n) is 12.1. The number of hydrogen-bond acceptors (Lipinski definition) is 10. The van der Waals surface area contributed by atoms with E-state index in [0.29, 0.717) is 13.0 Å². The predicted molar refractivity (Wildman–Crippen MR) is 124 cm³/mol. The minimum atomic E-state index is -1.39. The van der Waals surface area contributed by atoms with Crippen LogP contribution in [0.1, 0.15) is 38.5 Å². The molecular weight excluding hydrogens is 486 g/mol. The molecule has 0 aromatic carbocycles. The molecule has 6 atom stereocenters. The minimum absolute atomic E-state index is 0. The van der Waals surface area contributed by atoms with E-state index in [0.717, 1.165) is 45.5 Å². The number of nitrogens with two attached hydrogens (primary N) is 2. The van der Waals surface area contributed by atoms with Gasteiger partial charge in [0.1, 0.15) is 6.17 Å². The van der Waals surface area contributed by atoms with Crippen molar-refractivity contribution >= 4 is 5.91 Å². The summed E-state index contributed by atoms with van der Waals surface area (Å²) in [5, 5.41) is 33.6. The Morgan fingerprint density at radius 1 is 1.37 bits per heavy atom. The SMILES string of the molecule is NCC(F)CC(=O)NC1CC(N)[C@@H](N=O)C([O-])C1.OC1(CNCC2C=CCCO2)CCNCC1.[K+]. The van der Waals surface area contributed by atoms with Crippen LogP contribution >= 0.6 is 0 Å². The molecule has 0 aromatic rings. The maximum Gasteiger partial charge on any atom is 1.00 e. The van der Waals surface area contributed by atoms with Gasteiger partial charge in [0.05, 0.1) is 30.8 Å². The van der Waals surface area contributed by atoms with Gasteiger partial charge >= 0.3 is 51.4 Å². The molecule has 35 heavy (non-hydrogen) atoms. The molecule has 5 unspecified atom stereocenters. The van der Waals surface area contributed by atoms with E-state index in [4.69, 9.17) is 16.2 Å². The van der Waals surface area contributed by atoms with Crippen LogP contribution in [0.25, 0.3) is 0 Å². The summed E-state index contributed by atoms with van der Waals surface area (Å²) in [6, 6.07) is -2.06. The Hall–Kier alpha value is 0.0964. The summed E-state index contributed by atoms with van der Waals surface area (Å²) < 4.78 is 18.4. The third-order valence-corrected chi connectivity index (χ3v) is 6.34. The summed E-state index contributed by atoms with van der Waals surface area (Å²) in [6.07, 6.45) is 4.55. The molecular formula is C22H40FKN6O5. The Morgan fingerprint density at radius 3 is 2.66 bits per heavy atom. The third-order valence-electron chi connectivity index (χ3n) is 6.34. The van der Waals surface area contributed by atoms with Gasteiger partial charge in [-0.2, -0.15) is 4.91 Å². The number of carbonyl (C=O) groups excluding carboxylic acids is 1. The van der Waals surface area contributed by atoms with Crippen molar-refractivity contribution in [3.63, 3.8) is 0 Å². The molecule has 2 fully saturated rings. The summed E-state index contributed by atoms with van der Waals surface area (Å²) in [5.41, 5.74) is 10.2. The molecule has 196 valence electrons. The first-order chi connectivity index (χ1) is 16.3. The molecule has 1 saturated heterocycles. The molecule has 13 heteroatoms. The van der Waals surface area contributed by atoms with Gasteiger partial charge < -0.3 is 42.4 Å².